The predicted molar refractivity (Wildman–Crippen MR) is 96.9 cm³/mol. The Morgan fingerprint density at radius 3 is 2.38 bits per heavy atom. The molecule has 0 aliphatic rings. The smallest absolute Gasteiger partial charge is 0.325 e. The van der Waals surface area contributed by atoms with Crippen molar-refractivity contribution in [1.82, 2.24) is 10.3 Å². The van der Waals surface area contributed by atoms with Gasteiger partial charge in [0.1, 0.15) is 6.54 Å². The van der Waals surface area contributed by atoms with Gasteiger partial charge in [-0.15, -0.1) is 11.3 Å². The molecule has 2 N–H and O–H groups in total. The molecule has 8 heteroatoms. The number of ether oxygens (including phenoxy) is 1. The number of aromatic amines is 1. The van der Waals surface area contributed by atoms with Crippen molar-refractivity contribution in [2.45, 2.75) is 27.7 Å². The Kier molecular flexibility index (Phi) is 6.10. The summed E-state index contributed by atoms with van der Waals surface area (Å²) in [7, 11) is 0. The third-order valence-electron chi connectivity index (χ3n) is 3.79. The molecular weight excluding hydrogens is 356 g/mol. The number of aromatic nitrogens is 1. The molecular formula is C18H20N2O5S. The lowest BCUT2D eigenvalue weighted by Gasteiger charge is -2.05. The van der Waals surface area contributed by atoms with Gasteiger partial charge in [-0.25, -0.2) is 0 Å². The zero-order valence-corrected chi connectivity index (χ0v) is 15.8. The molecule has 2 aromatic heterocycles. The fraction of sp³-hybridized carbons (Fsp3) is 0.333. The molecule has 0 radical (unpaired) electrons. The average molecular weight is 376 g/mol. The Balaban J connectivity index is 1.87. The molecule has 7 nitrogen and oxygen atoms in total. The Morgan fingerprint density at radius 2 is 1.85 bits per heavy atom. The van der Waals surface area contributed by atoms with Crippen LogP contribution < -0.4 is 5.32 Å². The van der Waals surface area contributed by atoms with Gasteiger partial charge in [-0.2, -0.15) is 0 Å². The van der Waals surface area contributed by atoms with E-state index in [0.29, 0.717) is 21.7 Å². The van der Waals surface area contributed by atoms with Gasteiger partial charge >= 0.3 is 5.97 Å². The summed E-state index contributed by atoms with van der Waals surface area (Å²) in [6.45, 7) is 5.88. The van der Waals surface area contributed by atoms with Crippen LogP contribution in [0.1, 0.15) is 53.6 Å². The van der Waals surface area contributed by atoms with Gasteiger partial charge in [0.05, 0.1) is 10.6 Å². The summed E-state index contributed by atoms with van der Waals surface area (Å²) in [4.78, 5) is 51.8. The van der Waals surface area contributed by atoms with E-state index >= 15 is 0 Å². The van der Waals surface area contributed by atoms with E-state index in [9.17, 15) is 19.2 Å². The van der Waals surface area contributed by atoms with Gasteiger partial charge in [-0.1, -0.05) is 0 Å². The first-order chi connectivity index (χ1) is 12.2. The molecule has 0 atom stereocenters. The molecule has 0 saturated carbocycles. The zero-order chi connectivity index (χ0) is 19.4. The molecule has 0 spiro atoms. The van der Waals surface area contributed by atoms with Gasteiger partial charge < -0.3 is 15.0 Å². The number of esters is 1. The zero-order valence-electron chi connectivity index (χ0n) is 15.0. The first-order valence-electron chi connectivity index (χ1n) is 7.94. The average Bonchev–Trinajstić information content (AvgIpc) is 3.13. The number of nitrogens with one attached hydrogen (secondary N) is 2. The molecule has 0 aliphatic heterocycles. The van der Waals surface area contributed by atoms with Crippen molar-refractivity contribution in [3.05, 3.63) is 44.4 Å². The molecule has 138 valence electrons. The second kappa shape index (κ2) is 8.09. The number of thiophene rings is 1. The quantitative estimate of drug-likeness (QED) is 0.570. The minimum Gasteiger partial charge on any atom is -0.456 e. The minimum absolute atomic E-state index is 0.140. The number of amides is 1. The van der Waals surface area contributed by atoms with Gasteiger partial charge in [-0.3, -0.25) is 19.2 Å². The fourth-order valence-electron chi connectivity index (χ4n) is 2.62. The maximum absolute atomic E-state index is 12.2. The van der Waals surface area contributed by atoms with Gasteiger partial charge in [0.15, 0.2) is 12.4 Å². The van der Waals surface area contributed by atoms with Gasteiger partial charge in [0.25, 0.3) is 5.91 Å². The third-order valence-corrected chi connectivity index (χ3v) is 4.79. The topological polar surface area (TPSA) is 105 Å². The van der Waals surface area contributed by atoms with Crippen molar-refractivity contribution in [3.8, 4) is 0 Å². The van der Waals surface area contributed by atoms with Crippen molar-refractivity contribution < 1.29 is 23.9 Å². The number of hydrogen-bond donors (Lipinski definition) is 2. The Labute approximate surface area is 154 Å². The first-order valence-corrected chi connectivity index (χ1v) is 8.76. The van der Waals surface area contributed by atoms with Crippen LogP contribution in [0.5, 0.6) is 0 Å². The highest BCUT2D eigenvalue weighted by atomic mass is 32.1. The largest absolute Gasteiger partial charge is 0.456 e. The van der Waals surface area contributed by atoms with Crippen molar-refractivity contribution in [1.29, 1.82) is 0 Å². The lowest BCUT2D eigenvalue weighted by molar-refractivity contribution is -0.141. The van der Waals surface area contributed by atoms with Crippen LogP contribution in [0.3, 0.4) is 0 Å². The second-order valence-electron chi connectivity index (χ2n) is 5.86. The number of ketones is 2. The van der Waals surface area contributed by atoms with Crippen LogP contribution in [-0.2, 0) is 9.53 Å². The number of carbonyl (C=O) groups excluding carboxylic acids is 4. The van der Waals surface area contributed by atoms with E-state index in [-0.39, 0.29) is 23.9 Å². The monoisotopic (exact) mass is 376 g/mol. The number of hydrogen-bond acceptors (Lipinski definition) is 6. The van der Waals surface area contributed by atoms with E-state index in [1.165, 1.54) is 18.3 Å². The van der Waals surface area contributed by atoms with Crippen molar-refractivity contribution in [3.63, 3.8) is 0 Å². The van der Waals surface area contributed by atoms with E-state index in [2.05, 4.69) is 10.3 Å². The lowest BCUT2D eigenvalue weighted by atomic mass is 10.1. The third kappa shape index (κ3) is 4.45. The van der Waals surface area contributed by atoms with Crippen LogP contribution in [0.15, 0.2) is 12.1 Å². The molecule has 2 aromatic rings. The van der Waals surface area contributed by atoms with Gasteiger partial charge in [0.2, 0.25) is 5.78 Å². The van der Waals surface area contributed by atoms with Crippen LogP contribution >= 0.6 is 11.3 Å². The van der Waals surface area contributed by atoms with Crippen LogP contribution in [0.4, 0.5) is 0 Å². The summed E-state index contributed by atoms with van der Waals surface area (Å²) >= 11 is 1.32. The SMILES string of the molecule is CC(=O)c1c(C)[nH]c(C(=O)COC(=O)CNC(=O)c2ccc(C)s2)c1C. The van der Waals surface area contributed by atoms with E-state index < -0.39 is 18.4 Å². The summed E-state index contributed by atoms with van der Waals surface area (Å²) in [5.74, 6) is -1.66. The van der Waals surface area contributed by atoms with E-state index in [1.54, 1.807) is 19.9 Å². The molecule has 0 aromatic carbocycles. The van der Waals surface area contributed by atoms with Crippen LogP contribution in [0, 0.1) is 20.8 Å². The maximum atomic E-state index is 12.2. The van der Waals surface area contributed by atoms with Crippen molar-refractivity contribution >= 4 is 34.8 Å². The van der Waals surface area contributed by atoms with Gasteiger partial charge in [-0.05, 0) is 45.4 Å². The maximum Gasteiger partial charge on any atom is 0.325 e. The highest BCUT2D eigenvalue weighted by Crippen LogP contribution is 2.19. The molecule has 0 fully saturated rings. The molecule has 0 saturated heterocycles. The summed E-state index contributed by atoms with van der Waals surface area (Å²) in [5, 5.41) is 2.45. The summed E-state index contributed by atoms with van der Waals surface area (Å²) in [5.41, 5.74) is 1.86. The number of aryl methyl sites for hydroxylation is 2. The molecule has 2 heterocycles. The first kappa shape index (κ1) is 19.6. The van der Waals surface area contributed by atoms with Crippen molar-refractivity contribution in [2.24, 2.45) is 0 Å². The molecule has 0 aliphatic carbocycles. The van der Waals surface area contributed by atoms with Gasteiger partial charge in [0, 0.05) is 16.1 Å². The lowest BCUT2D eigenvalue weighted by Crippen LogP contribution is -2.31. The Hall–Kier alpha value is -2.74. The summed E-state index contributed by atoms with van der Waals surface area (Å²) in [6, 6.07) is 3.49. The fourth-order valence-corrected chi connectivity index (χ4v) is 3.41. The van der Waals surface area contributed by atoms with Crippen molar-refractivity contribution in [2.75, 3.05) is 13.2 Å². The predicted octanol–water partition coefficient (Wildman–Crippen LogP) is 2.36. The number of H-pyrrole nitrogens is 1. The Bertz CT molecular complexity index is 878. The second-order valence-corrected chi connectivity index (χ2v) is 7.15. The summed E-state index contributed by atoms with van der Waals surface area (Å²) < 4.78 is 4.91. The minimum atomic E-state index is -0.715. The molecule has 0 bridgehead atoms. The normalized spacial score (nSPS) is 10.5. The highest BCUT2D eigenvalue weighted by molar-refractivity contribution is 7.13. The van der Waals surface area contributed by atoms with E-state index in [1.807, 2.05) is 13.0 Å². The van der Waals surface area contributed by atoms with E-state index in [0.717, 1.165) is 4.88 Å². The van der Waals surface area contributed by atoms with Crippen LogP contribution in [0.25, 0.3) is 0 Å². The van der Waals surface area contributed by atoms with Crippen LogP contribution in [0.2, 0.25) is 0 Å². The highest BCUT2D eigenvalue weighted by Gasteiger charge is 2.21. The molecule has 1 amide bonds. The number of Topliss-reactive ketones (excluding diaryl/α,β-unsaturated/α-hetero) is 2. The molecule has 0 unspecified atom stereocenters. The summed E-state index contributed by atoms with van der Waals surface area (Å²) in [6.07, 6.45) is 0. The molecule has 2 rings (SSSR count). The van der Waals surface area contributed by atoms with Crippen LogP contribution in [-0.4, -0.2) is 41.6 Å². The number of carbonyl (C=O) groups is 4. The molecule has 26 heavy (non-hydrogen) atoms. The van der Waals surface area contributed by atoms with E-state index in [4.69, 9.17) is 4.74 Å². The Morgan fingerprint density at radius 1 is 1.15 bits per heavy atom. The standard InChI is InChI=1S/C18H20N2O5S/c1-9-5-6-14(26-9)18(24)19-7-15(23)25-8-13(22)17-10(2)16(12(4)21)11(3)20-17/h5-6,20H,7-8H2,1-4H3,(H,19,24). The number of rotatable bonds is 7.